The van der Waals surface area contributed by atoms with Crippen LogP contribution in [-0.2, 0) is 28.6 Å². The van der Waals surface area contributed by atoms with Crippen LogP contribution in [-0.4, -0.2) is 36.7 Å². The Balaban J connectivity index is 2.48. The minimum Gasteiger partial charge on any atom is -0.466 e. The standard InChI is InChI=1S/C23H32O6/c1-15(2)17-8-10-18-7-6-14-23(4,29-22(18)26)20(28-16(3)24)13-12-19(11-9-17)21(25)27-5/h7,9,11,15,20H,6,8,10,12-14H2,1-5H3/b17-9+,19-11-/t20-,23-/m0/s1. The Morgan fingerprint density at radius 2 is 1.93 bits per heavy atom. The third-order valence-corrected chi connectivity index (χ3v) is 5.66. The first-order valence-corrected chi connectivity index (χ1v) is 10.2. The summed E-state index contributed by atoms with van der Waals surface area (Å²) in [6, 6.07) is 0. The predicted octanol–water partition coefficient (Wildman–Crippen LogP) is 4.20. The highest BCUT2D eigenvalue weighted by Crippen LogP contribution is 2.34. The Hall–Kier alpha value is -2.37. The fourth-order valence-electron chi connectivity index (χ4n) is 3.79. The van der Waals surface area contributed by atoms with E-state index in [1.807, 2.05) is 12.2 Å². The summed E-state index contributed by atoms with van der Waals surface area (Å²) >= 11 is 0. The number of carbonyl (C=O) groups is 3. The van der Waals surface area contributed by atoms with Crippen LogP contribution in [0.15, 0.2) is 34.9 Å². The lowest BCUT2D eigenvalue weighted by Crippen LogP contribution is -2.45. The maximum atomic E-state index is 12.8. The van der Waals surface area contributed by atoms with Gasteiger partial charge in [0.15, 0.2) is 0 Å². The number of esters is 3. The minimum absolute atomic E-state index is 0.275. The van der Waals surface area contributed by atoms with Crippen LogP contribution < -0.4 is 0 Å². The highest BCUT2D eigenvalue weighted by molar-refractivity contribution is 5.89. The van der Waals surface area contributed by atoms with Gasteiger partial charge in [-0.2, -0.15) is 0 Å². The summed E-state index contributed by atoms with van der Waals surface area (Å²) in [4.78, 5) is 36.8. The van der Waals surface area contributed by atoms with Crippen molar-refractivity contribution in [1.82, 2.24) is 0 Å². The molecular weight excluding hydrogens is 372 g/mol. The van der Waals surface area contributed by atoms with E-state index < -0.39 is 23.6 Å². The second-order valence-corrected chi connectivity index (χ2v) is 8.19. The van der Waals surface area contributed by atoms with Crippen LogP contribution >= 0.6 is 0 Å². The summed E-state index contributed by atoms with van der Waals surface area (Å²) in [5.74, 6) is -0.936. The van der Waals surface area contributed by atoms with Gasteiger partial charge in [0.2, 0.25) is 0 Å². The predicted molar refractivity (Wildman–Crippen MR) is 109 cm³/mol. The Kier molecular flexibility index (Phi) is 7.82. The molecule has 0 aromatic carbocycles. The Bertz CT molecular complexity index is 742. The number of rotatable bonds is 3. The number of fused-ring (bicyclic) bond motifs is 3. The highest BCUT2D eigenvalue weighted by atomic mass is 16.6. The van der Waals surface area contributed by atoms with Gasteiger partial charge in [0.25, 0.3) is 0 Å². The maximum Gasteiger partial charge on any atom is 0.334 e. The summed E-state index contributed by atoms with van der Waals surface area (Å²) in [5, 5.41) is 0. The molecule has 0 spiro atoms. The van der Waals surface area contributed by atoms with Gasteiger partial charge in [-0.05, 0) is 51.4 Å². The topological polar surface area (TPSA) is 78.9 Å². The molecule has 2 heterocycles. The van der Waals surface area contributed by atoms with Gasteiger partial charge in [-0.25, -0.2) is 9.59 Å². The third kappa shape index (κ3) is 6.05. The molecule has 0 aliphatic carbocycles. The fraction of sp³-hybridized carbons (Fsp3) is 0.609. The molecule has 0 saturated carbocycles. The molecule has 0 aromatic heterocycles. The molecule has 6 nitrogen and oxygen atoms in total. The molecule has 0 radical (unpaired) electrons. The summed E-state index contributed by atoms with van der Waals surface area (Å²) < 4.78 is 16.4. The summed E-state index contributed by atoms with van der Waals surface area (Å²) in [6.45, 7) is 7.31. The van der Waals surface area contributed by atoms with E-state index in [1.165, 1.54) is 14.0 Å². The number of carbonyl (C=O) groups excluding carboxylic acids is 3. The molecule has 160 valence electrons. The van der Waals surface area contributed by atoms with Gasteiger partial charge in [0.05, 0.1) is 7.11 Å². The molecule has 0 saturated heterocycles. The fourth-order valence-corrected chi connectivity index (χ4v) is 3.79. The van der Waals surface area contributed by atoms with Crippen LogP contribution in [0.4, 0.5) is 0 Å². The van der Waals surface area contributed by atoms with Crippen molar-refractivity contribution in [3.05, 3.63) is 34.9 Å². The quantitative estimate of drug-likeness (QED) is 0.518. The second-order valence-electron chi connectivity index (χ2n) is 8.19. The van der Waals surface area contributed by atoms with E-state index in [0.717, 1.165) is 5.57 Å². The molecule has 0 fully saturated rings. The van der Waals surface area contributed by atoms with Crippen LogP contribution in [0.25, 0.3) is 0 Å². The highest BCUT2D eigenvalue weighted by Gasteiger charge is 2.42. The van der Waals surface area contributed by atoms with Gasteiger partial charge in [-0.3, -0.25) is 4.79 Å². The summed E-state index contributed by atoms with van der Waals surface area (Å²) in [7, 11) is 1.35. The third-order valence-electron chi connectivity index (χ3n) is 5.66. The first-order valence-electron chi connectivity index (χ1n) is 10.2. The smallest absolute Gasteiger partial charge is 0.334 e. The molecule has 2 rings (SSSR count). The van der Waals surface area contributed by atoms with E-state index in [0.29, 0.717) is 49.7 Å². The number of allylic oxidation sites excluding steroid dienone is 4. The van der Waals surface area contributed by atoms with Crippen molar-refractivity contribution in [2.75, 3.05) is 7.11 Å². The number of hydrogen-bond donors (Lipinski definition) is 0. The van der Waals surface area contributed by atoms with E-state index in [1.54, 1.807) is 13.0 Å². The van der Waals surface area contributed by atoms with E-state index >= 15 is 0 Å². The van der Waals surface area contributed by atoms with E-state index in [4.69, 9.17) is 14.2 Å². The lowest BCUT2D eigenvalue weighted by atomic mass is 9.88. The van der Waals surface area contributed by atoms with E-state index in [9.17, 15) is 14.4 Å². The number of methoxy groups -OCH3 is 1. The molecule has 2 aliphatic heterocycles. The Labute approximate surface area is 173 Å². The van der Waals surface area contributed by atoms with Crippen LogP contribution in [0.2, 0.25) is 0 Å². The van der Waals surface area contributed by atoms with Gasteiger partial charge in [0, 0.05) is 18.1 Å². The van der Waals surface area contributed by atoms with E-state index in [-0.39, 0.29) is 11.9 Å². The summed E-state index contributed by atoms with van der Waals surface area (Å²) in [6.07, 6.45) is 8.20. The van der Waals surface area contributed by atoms with Crippen LogP contribution in [0.3, 0.4) is 0 Å². The normalized spacial score (nSPS) is 29.5. The summed E-state index contributed by atoms with van der Waals surface area (Å²) in [5.41, 5.74) is 1.34. The zero-order valence-electron chi connectivity index (χ0n) is 18.1. The first kappa shape index (κ1) is 22.9. The molecule has 0 amide bonds. The van der Waals surface area contributed by atoms with Crippen molar-refractivity contribution in [2.24, 2.45) is 5.92 Å². The Morgan fingerprint density at radius 3 is 2.55 bits per heavy atom. The van der Waals surface area contributed by atoms with Crippen LogP contribution in [0.1, 0.15) is 66.2 Å². The lowest BCUT2D eigenvalue weighted by molar-refractivity contribution is -0.181. The van der Waals surface area contributed by atoms with Crippen molar-refractivity contribution in [3.8, 4) is 0 Å². The molecule has 0 unspecified atom stereocenters. The van der Waals surface area contributed by atoms with Crippen molar-refractivity contribution in [1.29, 1.82) is 0 Å². The van der Waals surface area contributed by atoms with Crippen molar-refractivity contribution >= 4 is 17.9 Å². The average molecular weight is 405 g/mol. The first-order chi connectivity index (χ1) is 13.7. The van der Waals surface area contributed by atoms with Crippen LogP contribution in [0.5, 0.6) is 0 Å². The molecular formula is C23H32O6. The maximum absolute atomic E-state index is 12.8. The second kappa shape index (κ2) is 9.90. The van der Waals surface area contributed by atoms with Crippen molar-refractivity contribution in [3.63, 3.8) is 0 Å². The molecule has 2 atom stereocenters. The van der Waals surface area contributed by atoms with Crippen molar-refractivity contribution < 1.29 is 28.6 Å². The molecule has 2 aliphatic rings. The van der Waals surface area contributed by atoms with E-state index in [2.05, 4.69) is 13.8 Å². The lowest BCUT2D eigenvalue weighted by Gasteiger charge is -2.35. The largest absolute Gasteiger partial charge is 0.466 e. The average Bonchev–Trinajstić information content (AvgIpc) is 2.79. The zero-order valence-corrected chi connectivity index (χ0v) is 18.1. The van der Waals surface area contributed by atoms with Gasteiger partial charge in [0.1, 0.15) is 11.7 Å². The Morgan fingerprint density at radius 1 is 1.21 bits per heavy atom. The van der Waals surface area contributed by atoms with Gasteiger partial charge >= 0.3 is 17.9 Å². The van der Waals surface area contributed by atoms with Crippen molar-refractivity contribution in [2.45, 2.75) is 77.9 Å². The monoisotopic (exact) mass is 404 g/mol. The minimum atomic E-state index is -0.954. The number of ether oxygens (including phenoxy) is 3. The molecule has 0 aromatic rings. The van der Waals surface area contributed by atoms with Crippen LogP contribution in [0, 0.1) is 5.92 Å². The van der Waals surface area contributed by atoms with Gasteiger partial charge in [-0.1, -0.05) is 37.6 Å². The zero-order chi connectivity index (χ0) is 21.6. The molecule has 6 heteroatoms. The van der Waals surface area contributed by atoms with Gasteiger partial charge in [-0.15, -0.1) is 0 Å². The van der Waals surface area contributed by atoms with Gasteiger partial charge < -0.3 is 14.2 Å². The number of hydrogen-bond acceptors (Lipinski definition) is 6. The molecule has 29 heavy (non-hydrogen) atoms. The molecule has 2 bridgehead atoms. The molecule has 0 N–H and O–H groups in total. The SMILES string of the molecule is COC(=O)/C1=C\C=C(\C(C)C)CCC2=CCC[C@](C)(OC2=O)[C@@H](OC(C)=O)CC1.